The highest BCUT2D eigenvalue weighted by Crippen LogP contribution is 2.45. The van der Waals surface area contributed by atoms with Crippen molar-refractivity contribution in [1.82, 2.24) is 13.5 Å². The van der Waals surface area contributed by atoms with Crippen LogP contribution in [0, 0.1) is 0 Å². The summed E-state index contributed by atoms with van der Waals surface area (Å²) < 4.78 is 6.90. The maximum atomic E-state index is 14.3. The predicted molar refractivity (Wildman–Crippen MR) is 274 cm³/mol. The molecule has 0 unspecified atom stereocenters. The molecule has 0 spiro atoms. The van der Waals surface area contributed by atoms with Crippen LogP contribution in [0.5, 0.6) is 0 Å². The van der Waals surface area contributed by atoms with Crippen molar-refractivity contribution in [2.45, 2.75) is 0 Å². The van der Waals surface area contributed by atoms with Gasteiger partial charge in [-0.1, -0.05) is 158 Å². The molecule has 0 radical (unpaired) electrons. The number of para-hydroxylation sites is 4. The summed E-state index contributed by atoms with van der Waals surface area (Å²) in [7, 11) is 0. The summed E-state index contributed by atoms with van der Waals surface area (Å²) in [5.74, 6) is 0. The summed E-state index contributed by atoms with van der Waals surface area (Å²) >= 11 is 0. The van der Waals surface area contributed by atoms with Gasteiger partial charge in [0.2, 0.25) is 0 Å². The van der Waals surface area contributed by atoms with Gasteiger partial charge in [0.1, 0.15) is 0 Å². The van der Waals surface area contributed by atoms with Gasteiger partial charge in [-0.15, -0.1) is 0 Å². The first-order valence-electron chi connectivity index (χ1n) is 22.3. The van der Waals surface area contributed by atoms with Crippen LogP contribution >= 0.6 is 0 Å². The lowest BCUT2D eigenvalue weighted by molar-refractivity contribution is 1.15. The molecule has 4 heteroatoms. The molecule has 0 aliphatic rings. The SMILES string of the molecule is O=c1c2ccccc2c2cccc3c4c(-c5ccc6c7ccccc7c7ccc(-n8c9ccccc9c9ccc%10c%11ccccc%11n(-c%11ccccc%11)c%10c98)cc7c6c5)cccc4n1c23. The third-order valence-electron chi connectivity index (χ3n) is 14.3. The summed E-state index contributed by atoms with van der Waals surface area (Å²) in [5, 5.41) is 17.2. The first kappa shape index (κ1) is 34.8. The van der Waals surface area contributed by atoms with Crippen LogP contribution in [-0.2, 0) is 0 Å². The van der Waals surface area contributed by atoms with Crippen molar-refractivity contribution < 1.29 is 0 Å². The lowest BCUT2D eigenvalue weighted by Crippen LogP contribution is -2.12. The molecule has 4 heterocycles. The summed E-state index contributed by atoms with van der Waals surface area (Å²) in [5.41, 5.74) is 11.1. The molecule has 0 amide bonds. The molecular weight excluding hydrogens is 791 g/mol. The number of hydrogen-bond donors (Lipinski definition) is 0. The molecule has 300 valence electrons. The number of benzene rings is 11. The molecule has 0 N–H and O–H groups in total. The van der Waals surface area contributed by atoms with E-state index in [2.05, 4.69) is 203 Å². The van der Waals surface area contributed by atoms with E-state index in [-0.39, 0.29) is 5.56 Å². The van der Waals surface area contributed by atoms with E-state index in [0.717, 1.165) is 60.5 Å². The van der Waals surface area contributed by atoms with Crippen molar-refractivity contribution in [2.75, 3.05) is 0 Å². The lowest BCUT2D eigenvalue weighted by atomic mass is 9.91. The minimum atomic E-state index is 0.0198. The topological polar surface area (TPSA) is 31.3 Å². The quantitative estimate of drug-likeness (QED) is 0.163. The maximum absolute atomic E-state index is 14.3. The van der Waals surface area contributed by atoms with E-state index in [1.807, 2.05) is 22.6 Å². The van der Waals surface area contributed by atoms with E-state index in [1.165, 1.54) is 75.9 Å². The van der Waals surface area contributed by atoms with Crippen molar-refractivity contribution in [3.8, 4) is 22.5 Å². The fourth-order valence-electron chi connectivity index (χ4n) is 11.7. The van der Waals surface area contributed by atoms with Crippen LogP contribution < -0.4 is 5.56 Å². The molecule has 0 saturated heterocycles. The molecule has 4 aromatic heterocycles. The zero-order valence-corrected chi connectivity index (χ0v) is 35.0. The second-order valence-electron chi connectivity index (χ2n) is 17.5. The van der Waals surface area contributed by atoms with Crippen LogP contribution in [0.2, 0.25) is 0 Å². The average Bonchev–Trinajstić information content (AvgIpc) is 4.02. The van der Waals surface area contributed by atoms with Gasteiger partial charge in [0, 0.05) is 54.5 Å². The highest BCUT2D eigenvalue weighted by Gasteiger charge is 2.23. The van der Waals surface area contributed by atoms with Crippen molar-refractivity contribution in [3.63, 3.8) is 0 Å². The molecule has 65 heavy (non-hydrogen) atoms. The zero-order chi connectivity index (χ0) is 42.5. The number of fused-ring (bicyclic) bond motifs is 18. The standard InChI is InChI=1S/C61H35N3O/c65-61-50-21-7-6-18-42(50)47-23-12-24-51-57-39(22-13-27-56(57)64(61)58(47)51)36-28-30-43-40-16-4-5-17-41(40)44-31-29-38(35-53(44)52(43)34-36)63-55-26-11-9-20-46(55)49-33-32-48-45-19-8-10-25-54(45)62(59(48)60(49)63)37-14-2-1-3-15-37/h1-35H. The van der Waals surface area contributed by atoms with Gasteiger partial charge in [0.25, 0.3) is 5.56 Å². The third-order valence-corrected chi connectivity index (χ3v) is 14.3. The molecule has 15 rings (SSSR count). The largest absolute Gasteiger partial charge is 0.307 e. The first-order chi connectivity index (χ1) is 32.2. The zero-order valence-electron chi connectivity index (χ0n) is 35.0. The van der Waals surface area contributed by atoms with Crippen molar-refractivity contribution in [2.24, 2.45) is 0 Å². The van der Waals surface area contributed by atoms with Crippen molar-refractivity contribution >= 4 is 114 Å². The van der Waals surface area contributed by atoms with E-state index in [4.69, 9.17) is 0 Å². The Hall–Kier alpha value is -8.73. The highest BCUT2D eigenvalue weighted by molar-refractivity contribution is 6.28. The monoisotopic (exact) mass is 825 g/mol. The Bertz CT molecular complexity index is 4610. The molecule has 0 saturated carbocycles. The summed E-state index contributed by atoms with van der Waals surface area (Å²) in [4.78, 5) is 14.3. The molecule has 0 aliphatic carbocycles. The van der Waals surface area contributed by atoms with E-state index in [0.29, 0.717) is 0 Å². The minimum Gasteiger partial charge on any atom is -0.307 e. The number of rotatable bonds is 3. The van der Waals surface area contributed by atoms with E-state index < -0.39 is 0 Å². The summed E-state index contributed by atoms with van der Waals surface area (Å²) in [6, 6.07) is 76.8. The summed E-state index contributed by atoms with van der Waals surface area (Å²) in [6.07, 6.45) is 0. The van der Waals surface area contributed by atoms with Gasteiger partial charge in [0.15, 0.2) is 0 Å². The highest BCUT2D eigenvalue weighted by atomic mass is 16.1. The smallest absolute Gasteiger partial charge is 0.263 e. The molecule has 0 fully saturated rings. The summed E-state index contributed by atoms with van der Waals surface area (Å²) in [6.45, 7) is 0. The Morgan fingerprint density at radius 3 is 1.43 bits per heavy atom. The first-order valence-corrected chi connectivity index (χ1v) is 22.3. The van der Waals surface area contributed by atoms with E-state index >= 15 is 0 Å². The third kappa shape index (κ3) is 4.52. The Morgan fingerprint density at radius 1 is 0.277 bits per heavy atom. The van der Waals surface area contributed by atoms with Gasteiger partial charge in [-0.2, -0.15) is 0 Å². The minimum absolute atomic E-state index is 0.0198. The molecule has 11 aromatic carbocycles. The number of nitrogens with zero attached hydrogens (tertiary/aromatic N) is 3. The number of pyridine rings is 1. The average molecular weight is 826 g/mol. The Labute approximate surface area is 371 Å². The Balaban J connectivity index is 1.06. The molecule has 0 atom stereocenters. The Kier molecular flexibility index (Phi) is 6.79. The number of hydrogen-bond acceptors (Lipinski definition) is 1. The van der Waals surface area contributed by atoms with Gasteiger partial charge < -0.3 is 9.13 Å². The van der Waals surface area contributed by atoms with Crippen molar-refractivity contribution in [3.05, 3.63) is 223 Å². The Morgan fingerprint density at radius 2 is 0.738 bits per heavy atom. The molecule has 0 bridgehead atoms. The maximum Gasteiger partial charge on any atom is 0.263 e. The molecule has 0 aliphatic heterocycles. The van der Waals surface area contributed by atoms with Crippen molar-refractivity contribution in [1.29, 1.82) is 0 Å². The normalized spacial score (nSPS) is 12.4. The molecule has 4 nitrogen and oxygen atoms in total. The second-order valence-corrected chi connectivity index (χ2v) is 17.5. The van der Waals surface area contributed by atoms with Gasteiger partial charge in [-0.3, -0.25) is 9.20 Å². The number of aromatic nitrogens is 3. The van der Waals surface area contributed by atoms with Gasteiger partial charge >= 0.3 is 0 Å². The molecular formula is C61H35N3O. The fraction of sp³-hybridized carbons (Fsp3) is 0. The van der Waals surface area contributed by atoms with Crippen LogP contribution in [0.3, 0.4) is 0 Å². The lowest BCUT2D eigenvalue weighted by Gasteiger charge is -2.16. The van der Waals surface area contributed by atoms with Gasteiger partial charge in [-0.05, 0) is 103 Å². The van der Waals surface area contributed by atoms with Crippen LogP contribution in [0.4, 0.5) is 0 Å². The van der Waals surface area contributed by atoms with Gasteiger partial charge in [-0.25, -0.2) is 0 Å². The van der Waals surface area contributed by atoms with E-state index in [1.54, 1.807) is 0 Å². The van der Waals surface area contributed by atoms with Crippen LogP contribution in [0.15, 0.2) is 217 Å². The second kappa shape index (κ2) is 12.7. The predicted octanol–water partition coefficient (Wildman–Crippen LogP) is 15.5. The van der Waals surface area contributed by atoms with Crippen LogP contribution in [-0.4, -0.2) is 13.5 Å². The van der Waals surface area contributed by atoms with Crippen LogP contribution in [0.25, 0.3) is 136 Å². The van der Waals surface area contributed by atoms with Crippen LogP contribution in [0.1, 0.15) is 0 Å². The molecule has 15 aromatic rings. The van der Waals surface area contributed by atoms with E-state index in [9.17, 15) is 4.79 Å². The van der Waals surface area contributed by atoms with Gasteiger partial charge in [0.05, 0.1) is 33.1 Å². The fourth-order valence-corrected chi connectivity index (χ4v) is 11.7.